The van der Waals surface area contributed by atoms with E-state index in [0.29, 0.717) is 5.92 Å². The third-order valence-corrected chi connectivity index (χ3v) is 3.33. The predicted molar refractivity (Wildman–Crippen MR) is 70.8 cm³/mol. The fraction of sp³-hybridized carbons (Fsp3) is 0.500. The highest BCUT2D eigenvalue weighted by Crippen LogP contribution is 2.48. The molecule has 0 spiro atoms. The van der Waals surface area contributed by atoms with Crippen LogP contribution in [0.15, 0.2) is 28.7 Å². The van der Waals surface area contributed by atoms with Crippen molar-refractivity contribution in [1.29, 1.82) is 0 Å². The molecule has 1 saturated carbocycles. The molecule has 2 nitrogen and oxygen atoms in total. The fourth-order valence-electron chi connectivity index (χ4n) is 1.91. The third-order valence-electron chi connectivity index (χ3n) is 2.80. The van der Waals surface area contributed by atoms with Crippen molar-refractivity contribution in [3.05, 3.63) is 34.3 Å². The Morgan fingerprint density at radius 3 is 2.41 bits per heavy atom. The molecule has 3 heteroatoms. The van der Waals surface area contributed by atoms with Gasteiger partial charge in [0.2, 0.25) is 0 Å². The van der Waals surface area contributed by atoms with E-state index < -0.39 is 0 Å². The Hall–Kier alpha value is -0.830. The number of halogens is 1. The maximum Gasteiger partial charge on any atom is 0.310 e. The lowest BCUT2D eigenvalue weighted by molar-refractivity contribution is -0.156. The Bertz CT molecular complexity index is 417. The van der Waals surface area contributed by atoms with E-state index in [1.165, 1.54) is 5.56 Å². The van der Waals surface area contributed by atoms with Gasteiger partial charge in [0.25, 0.3) is 0 Å². The monoisotopic (exact) mass is 296 g/mol. The van der Waals surface area contributed by atoms with E-state index in [1.807, 2.05) is 32.9 Å². The number of esters is 1. The van der Waals surface area contributed by atoms with Crippen LogP contribution >= 0.6 is 15.9 Å². The van der Waals surface area contributed by atoms with Crippen molar-refractivity contribution in [2.45, 2.75) is 38.7 Å². The largest absolute Gasteiger partial charge is 0.460 e. The highest BCUT2D eigenvalue weighted by molar-refractivity contribution is 9.10. The van der Waals surface area contributed by atoms with E-state index in [9.17, 15) is 4.79 Å². The Labute approximate surface area is 110 Å². The summed E-state index contributed by atoms with van der Waals surface area (Å²) in [7, 11) is 0. The maximum atomic E-state index is 11.8. The number of carbonyl (C=O) groups is 1. The number of carbonyl (C=O) groups excluding carboxylic acids is 1. The summed E-state index contributed by atoms with van der Waals surface area (Å²) in [5.41, 5.74) is 0.841. The van der Waals surface area contributed by atoms with E-state index in [0.717, 1.165) is 10.9 Å². The van der Waals surface area contributed by atoms with Crippen LogP contribution in [0, 0.1) is 5.92 Å². The second-order valence-electron chi connectivity index (χ2n) is 5.53. The minimum atomic E-state index is -0.385. The smallest absolute Gasteiger partial charge is 0.310 e. The van der Waals surface area contributed by atoms with Gasteiger partial charge in [0, 0.05) is 4.47 Å². The van der Waals surface area contributed by atoms with Gasteiger partial charge in [0.15, 0.2) is 0 Å². The van der Waals surface area contributed by atoms with Crippen LogP contribution in [0.25, 0.3) is 0 Å². The number of hydrogen-bond acceptors (Lipinski definition) is 2. The molecule has 1 aliphatic carbocycles. The van der Waals surface area contributed by atoms with Crippen molar-refractivity contribution in [2.24, 2.45) is 5.92 Å². The van der Waals surface area contributed by atoms with Gasteiger partial charge in [-0.2, -0.15) is 0 Å². The number of hydrogen-bond donors (Lipinski definition) is 0. The van der Waals surface area contributed by atoms with Crippen LogP contribution in [0.1, 0.15) is 38.7 Å². The van der Waals surface area contributed by atoms with E-state index in [4.69, 9.17) is 4.74 Å². The molecule has 0 heterocycles. The van der Waals surface area contributed by atoms with E-state index >= 15 is 0 Å². The number of rotatable bonds is 2. The minimum absolute atomic E-state index is 0.0513. The molecule has 0 aromatic heterocycles. The Morgan fingerprint density at radius 2 is 1.88 bits per heavy atom. The van der Waals surface area contributed by atoms with Crippen LogP contribution in [0.5, 0.6) is 0 Å². The summed E-state index contributed by atoms with van der Waals surface area (Å²) >= 11 is 3.41. The summed E-state index contributed by atoms with van der Waals surface area (Å²) in [5, 5.41) is 0. The first-order valence-corrected chi connectivity index (χ1v) is 6.64. The zero-order valence-corrected chi connectivity index (χ0v) is 12.0. The molecule has 2 rings (SSSR count). The second-order valence-corrected chi connectivity index (χ2v) is 6.45. The van der Waals surface area contributed by atoms with E-state index in [2.05, 4.69) is 28.1 Å². The van der Waals surface area contributed by atoms with Crippen LogP contribution in [0.2, 0.25) is 0 Å². The first kappa shape index (κ1) is 12.6. The van der Waals surface area contributed by atoms with Gasteiger partial charge in [-0.15, -0.1) is 0 Å². The first-order valence-electron chi connectivity index (χ1n) is 5.85. The van der Waals surface area contributed by atoms with E-state index in [-0.39, 0.29) is 17.5 Å². The summed E-state index contributed by atoms with van der Waals surface area (Å²) in [4.78, 5) is 11.8. The Balaban J connectivity index is 1.96. The normalized spacial score (nSPS) is 23.3. The SMILES string of the molecule is CC(C)(C)OC(=O)C1CC1c1ccc(Br)cc1. The Morgan fingerprint density at radius 1 is 1.29 bits per heavy atom. The van der Waals surface area contributed by atoms with Gasteiger partial charge < -0.3 is 4.74 Å². The second kappa shape index (κ2) is 4.45. The molecule has 2 unspecified atom stereocenters. The molecule has 0 saturated heterocycles. The van der Waals surface area contributed by atoms with Gasteiger partial charge in [-0.05, 0) is 50.8 Å². The van der Waals surface area contributed by atoms with Crippen LogP contribution in [0.4, 0.5) is 0 Å². The summed E-state index contributed by atoms with van der Waals surface area (Å²) < 4.78 is 6.45. The number of benzene rings is 1. The summed E-state index contributed by atoms with van der Waals surface area (Å²) in [6.45, 7) is 5.71. The highest BCUT2D eigenvalue weighted by Gasteiger charge is 2.46. The molecule has 1 aromatic carbocycles. The predicted octanol–water partition coefficient (Wildman–Crippen LogP) is 3.89. The minimum Gasteiger partial charge on any atom is -0.460 e. The van der Waals surface area contributed by atoms with Crippen LogP contribution < -0.4 is 0 Å². The summed E-state index contributed by atoms with van der Waals surface area (Å²) in [6, 6.07) is 8.16. The molecule has 1 fully saturated rings. The molecular weight excluding hydrogens is 280 g/mol. The van der Waals surface area contributed by atoms with Crippen molar-refractivity contribution in [2.75, 3.05) is 0 Å². The lowest BCUT2D eigenvalue weighted by atomic mass is 10.1. The average molecular weight is 297 g/mol. The van der Waals surface area contributed by atoms with Crippen molar-refractivity contribution < 1.29 is 9.53 Å². The van der Waals surface area contributed by atoms with Gasteiger partial charge in [-0.25, -0.2) is 0 Å². The average Bonchev–Trinajstić information content (AvgIpc) is 2.96. The molecule has 0 amide bonds. The zero-order valence-electron chi connectivity index (χ0n) is 10.4. The molecule has 0 aliphatic heterocycles. The molecular formula is C14H17BrO2. The lowest BCUT2D eigenvalue weighted by Crippen LogP contribution is -2.25. The van der Waals surface area contributed by atoms with Gasteiger partial charge in [-0.1, -0.05) is 28.1 Å². The summed E-state index contributed by atoms with van der Waals surface area (Å²) in [5.74, 6) is 0.332. The van der Waals surface area contributed by atoms with Crippen LogP contribution in [0.3, 0.4) is 0 Å². The van der Waals surface area contributed by atoms with Gasteiger partial charge >= 0.3 is 5.97 Å². The molecule has 0 radical (unpaired) electrons. The van der Waals surface area contributed by atoms with Gasteiger partial charge in [0.1, 0.15) is 5.60 Å². The fourth-order valence-corrected chi connectivity index (χ4v) is 2.18. The number of ether oxygens (including phenoxy) is 1. The molecule has 2 atom stereocenters. The van der Waals surface area contributed by atoms with Gasteiger partial charge in [0.05, 0.1) is 5.92 Å². The molecule has 17 heavy (non-hydrogen) atoms. The van der Waals surface area contributed by atoms with Crippen molar-refractivity contribution in [3.63, 3.8) is 0 Å². The zero-order chi connectivity index (χ0) is 12.6. The van der Waals surface area contributed by atoms with E-state index in [1.54, 1.807) is 0 Å². The topological polar surface area (TPSA) is 26.3 Å². The molecule has 1 aromatic rings. The van der Waals surface area contributed by atoms with Crippen molar-refractivity contribution in [3.8, 4) is 0 Å². The molecule has 1 aliphatic rings. The lowest BCUT2D eigenvalue weighted by Gasteiger charge is -2.19. The Kier molecular flexibility index (Phi) is 3.30. The van der Waals surface area contributed by atoms with Crippen LogP contribution in [-0.2, 0) is 9.53 Å². The molecule has 0 bridgehead atoms. The van der Waals surface area contributed by atoms with Gasteiger partial charge in [-0.3, -0.25) is 4.79 Å². The van der Waals surface area contributed by atoms with Crippen LogP contribution in [-0.4, -0.2) is 11.6 Å². The third kappa shape index (κ3) is 3.32. The van der Waals surface area contributed by atoms with Crippen molar-refractivity contribution in [1.82, 2.24) is 0 Å². The summed E-state index contributed by atoms with van der Waals surface area (Å²) in [6.07, 6.45) is 0.913. The molecule has 92 valence electrons. The standard InChI is InChI=1S/C14H17BrO2/c1-14(2,3)17-13(16)12-8-11(12)9-4-6-10(15)7-5-9/h4-7,11-12H,8H2,1-3H3. The maximum absolute atomic E-state index is 11.8. The molecule has 0 N–H and O–H groups in total. The quantitative estimate of drug-likeness (QED) is 0.774. The van der Waals surface area contributed by atoms with Crippen molar-refractivity contribution >= 4 is 21.9 Å². The first-order chi connectivity index (χ1) is 7.87. The highest BCUT2D eigenvalue weighted by atomic mass is 79.9.